The van der Waals surface area contributed by atoms with Crippen molar-refractivity contribution in [2.24, 2.45) is 0 Å². The molecule has 2 amide bonds. The standard InChI is InChI=1S/C20H21F3N2O3/c1-12-8-13(2)19(14(3)9-12)25-17(26)10-24-18(27)11-28-16-6-4-15(5-7-16)20(21,22)23/h4-9H,10-11H2,1-3H3,(H,24,27)(H,25,26). The summed E-state index contributed by atoms with van der Waals surface area (Å²) in [4.78, 5) is 23.8. The first-order chi connectivity index (χ1) is 13.1. The smallest absolute Gasteiger partial charge is 0.416 e. The molecule has 0 bridgehead atoms. The van der Waals surface area contributed by atoms with Gasteiger partial charge in [-0.3, -0.25) is 9.59 Å². The molecule has 0 atom stereocenters. The van der Waals surface area contributed by atoms with Crippen LogP contribution in [0.5, 0.6) is 5.75 Å². The molecule has 0 aromatic heterocycles. The molecule has 0 heterocycles. The fraction of sp³-hybridized carbons (Fsp3) is 0.300. The van der Waals surface area contributed by atoms with Crippen LogP contribution in [0.3, 0.4) is 0 Å². The fourth-order valence-corrected chi connectivity index (χ4v) is 2.68. The average molecular weight is 394 g/mol. The van der Waals surface area contributed by atoms with E-state index in [1.54, 1.807) is 0 Å². The van der Waals surface area contributed by atoms with Crippen molar-refractivity contribution in [1.82, 2.24) is 5.32 Å². The summed E-state index contributed by atoms with van der Waals surface area (Å²) >= 11 is 0. The zero-order valence-corrected chi connectivity index (χ0v) is 15.7. The lowest BCUT2D eigenvalue weighted by atomic mass is 10.1. The Kier molecular flexibility index (Phi) is 6.66. The number of aryl methyl sites for hydroxylation is 3. The minimum atomic E-state index is -4.43. The van der Waals surface area contributed by atoms with Gasteiger partial charge in [0.25, 0.3) is 5.91 Å². The highest BCUT2D eigenvalue weighted by Gasteiger charge is 2.30. The van der Waals surface area contributed by atoms with Gasteiger partial charge >= 0.3 is 6.18 Å². The van der Waals surface area contributed by atoms with Crippen LogP contribution < -0.4 is 15.4 Å². The Morgan fingerprint density at radius 1 is 0.964 bits per heavy atom. The van der Waals surface area contributed by atoms with Gasteiger partial charge in [-0.1, -0.05) is 17.7 Å². The predicted molar refractivity (Wildman–Crippen MR) is 99.2 cm³/mol. The number of benzene rings is 2. The molecule has 0 aliphatic rings. The Balaban J connectivity index is 1.80. The molecule has 0 aliphatic heterocycles. The van der Waals surface area contributed by atoms with Crippen molar-refractivity contribution in [3.63, 3.8) is 0 Å². The molecule has 2 rings (SSSR count). The normalized spacial score (nSPS) is 11.1. The van der Waals surface area contributed by atoms with Crippen molar-refractivity contribution < 1.29 is 27.5 Å². The maximum Gasteiger partial charge on any atom is 0.416 e. The van der Waals surface area contributed by atoms with Gasteiger partial charge in [0.05, 0.1) is 12.1 Å². The summed E-state index contributed by atoms with van der Waals surface area (Å²) in [7, 11) is 0. The number of halogens is 3. The second kappa shape index (κ2) is 8.77. The van der Waals surface area contributed by atoms with Crippen LogP contribution in [0.2, 0.25) is 0 Å². The van der Waals surface area contributed by atoms with Gasteiger partial charge in [0, 0.05) is 5.69 Å². The molecule has 0 aliphatic carbocycles. The summed E-state index contributed by atoms with van der Waals surface area (Å²) in [5, 5.41) is 5.16. The third-order valence-electron chi connectivity index (χ3n) is 3.94. The highest BCUT2D eigenvalue weighted by atomic mass is 19.4. The lowest BCUT2D eigenvalue weighted by Crippen LogP contribution is -2.36. The van der Waals surface area contributed by atoms with E-state index in [-0.39, 0.29) is 12.3 Å². The highest BCUT2D eigenvalue weighted by Crippen LogP contribution is 2.30. The van der Waals surface area contributed by atoms with E-state index in [1.165, 1.54) is 0 Å². The molecule has 0 unspecified atom stereocenters. The third-order valence-corrected chi connectivity index (χ3v) is 3.94. The van der Waals surface area contributed by atoms with E-state index in [9.17, 15) is 22.8 Å². The largest absolute Gasteiger partial charge is 0.484 e. The molecule has 5 nitrogen and oxygen atoms in total. The van der Waals surface area contributed by atoms with Gasteiger partial charge < -0.3 is 15.4 Å². The van der Waals surface area contributed by atoms with E-state index in [1.807, 2.05) is 32.9 Å². The van der Waals surface area contributed by atoms with E-state index < -0.39 is 30.2 Å². The van der Waals surface area contributed by atoms with Gasteiger partial charge in [0.2, 0.25) is 5.91 Å². The predicted octanol–water partition coefficient (Wildman–Crippen LogP) is 3.76. The second-order valence-corrected chi connectivity index (χ2v) is 6.41. The van der Waals surface area contributed by atoms with Crippen LogP contribution >= 0.6 is 0 Å². The molecule has 0 saturated carbocycles. The van der Waals surface area contributed by atoms with Gasteiger partial charge in [0.15, 0.2) is 6.61 Å². The topological polar surface area (TPSA) is 67.4 Å². The van der Waals surface area contributed by atoms with Crippen molar-refractivity contribution in [3.8, 4) is 5.75 Å². The van der Waals surface area contributed by atoms with Crippen LogP contribution in [0.15, 0.2) is 36.4 Å². The van der Waals surface area contributed by atoms with Crippen molar-refractivity contribution in [3.05, 3.63) is 58.7 Å². The van der Waals surface area contributed by atoms with Crippen LogP contribution in [0.1, 0.15) is 22.3 Å². The van der Waals surface area contributed by atoms with Crippen molar-refractivity contribution in [2.75, 3.05) is 18.5 Å². The zero-order chi connectivity index (χ0) is 20.9. The van der Waals surface area contributed by atoms with E-state index in [0.717, 1.165) is 41.0 Å². The zero-order valence-electron chi connectivity index (χ0n) is 15.7. The molecule has 2 N–H and O–H groups in total. The van der Waals surface area contributed by atoms with Crippen LogP contribution in [0, 0.1) is 20.8 Å². The summed E-state index contributed by atoms with van der Waals surface area (Å²) < 4.78 is 42.6. The molecule has 150 valence electrons. The summed E-state index contributed by atoms with van der Waals surface area (Å²) in [6.07, 6.45) is -4.43. The number of ether oxygens (including phenoxy) is 1. The molecule has 0 fully saturated rings. The van der Waals surface area contributed by atoms with Crippen LogP contribution in [0.4, 0.5) is 18.9 Å². The number of hydrogen-bond donors (Lipinski definition) is 2. The Labute approximate surface area is 160 Å². The fourth-order valence-electron chi connectivity index (χ4n) is 2.68. The minimum absolute atomic E-state index is 0.124. The number of anilines is 1. The maximum atomic E-state index is 12.5. The van der Waals surface area contributed by atoms with E-state index in [4.69, 9.17) is 4.74 Å². The second-order valence-electron chi connectivity index (χ2n) is 6.41. The van der Waals surface area contributed by atoms with Crippen molar-refractivity contribution >= 4 is 17.5 Å². The van der Waals surface area contributed by atoms with Crippen LogP contribution in [-0.2, 0) is 15.8 Å². The van der Waals surface area contributed by atoms with Crippen molar-refractivity contribution in [2.45, 2.75) is 26.9 Å². The Morgan fingerprint density at radius 2 is 1.54 bits per heavy atom. The molecular formula is C20H21F3N2O3. The molecular weight excluding hydrogens is 373 g/mol. The lowest BCUT2D eigenvalue weighted by molar-refractivity contribution is -0.137. The molecule has 8 heteroatoms. The SMILES string of the molecule is Cc1cc(C)c(NC(=O)CNC(=O)COc2ccc(C(F)(F)F)cc2)c(C)c1. The lowest BCUT2D eigenvalue weighted by Gasteiger charge is -2.13. The van der Waals surface area contributed by atoms with Crippen LogP contribution in [0.25, 0.3) is 0 Å². The minimum Gasteiger partial charge on any atom is -0.484 e. The quantitative estimate of drug-likeness (QED) is 0.784. The van der Waals surface area contributed by atoms with Gasteiger partial charge in [-0.15, -0.1) is 0 Å². The molecule has 2 aromatic carbocycles. The number of carbonyl (C=O) groups is 2. The highest BCUT2D eigenvalue weighted by molar-refractivity contribution is 5.95. The van der Waals surface area contributed by atoms with Crippen LogP contribution in [-0.4, -0.2) is 25.0 Å². The van der Waals surface area contributed by atoms with Gasteiger partial charge in [-0.05, 0) is 56.2 Å². The van der Waals surface area contributed by atoms with Gasteiger partial charge in [-0.25, -0.2) is 0 Å². The number of carbonyl (C=O) groups excluding carboxylic acids is 2. The van der Waals surface area contributed by atoms with E-state index >= 15 is 0 Å². The first-order valence-corrected chi connectivity index (χ1v) is 8.50. The first-order valence-electron chi connectivity index (χ1n) is 8.50. The number of amides is 2. The van der Waals surface area contributed by atoms with E-state index in [2.05, 4.69) is 10.6 Å². The van der Waals surface area contributed by atoms with E-state index in [0.29, 0.717) is 5.69 Å². The molecule has 2 aromatic rings. The maximum absolute atomic E-state index is 12.5. The van der Waals surface area contributed by atoms with Gasteiger partial charge in [0.1, 0.15) is 5.75 Å². The molecule has 0 spiro atoms. The summed E-state index contributed by atoms with van der Waals surface area (Å²) in [6.45, 7) is 5.06. The summed E-state index contributed by atoms with van der Waals surface area (Å²) in [5.74, 6) is -0.830. The molecule has 28 heavy (non-hydrogen) atoms. The third kappa shape index (κ3) is 6.00. The van der Waals surface area contributed by atoms with Gasteiger partial charge in [-0.2, -0.15) is 13.2 Å². The summed E-state index contributed by atoms with van der Waals surface area (Å²) in [5.41, 5.74) is 2.82. The number of alkyl halides is 3. The Hall–Kier alpha value is -3.03. The molecule has 0 saturated heterocycles. The summed E-state index contributed by atoms with van der Waals surface area (Å²) in [6, 6.07) is 7.88. The average Bonchev–Trinajstić information content (AvgIpc) is 2.60. The number of nitrogens with one attached hydrogen (secondary N) is 2. The monoisotopic (exact) mass is 394 g/mol. The molecule has 0 radical (unpaired) electrons. The Bertz CT molecular complexity index is 839. The number of hydrogen-bond acceptors (Lipinski definition) is 3. The van der Waals surface area contributed by atoms with Crippen molar-refractivity contribution in [1.29, 1.82) is 0 Å². The Morgan fingerprint density at radius 3 is 2.07 bits per heavy atom. The number of rotatable bonds is 6. The first kappa shape index (κ1) is 21.3.